The molecule has 94 valence electrons. The lowest BCUT2D eigenvalue weighted by Crippen LogP contribution is -2.19. The third kappa shape index (κ3) is 3.07. The van der Waals surface area contributed by atoms with Gasteiger partial charge in [0, 0.05) is 18.1 Å². The molecule has 1 unspecified atom stereocenters. The number of thioether (sulfide) groups is 1. The van der Waals surface area contributed by atoms with Gasteiger partial charge in [-0.15, -0.1) is 0 Å². The van der Waals surface area contributed by atoms with Gasteiger partial charge in [-0.25, -0.2) is 8.42 Å². The van der Waals surface area contributed by atoms with Gasteiger partial charge in [0.1, 0.15) is 0 Å². The van der Waals surface area contributed by atoms with Crippen LogP contribution in [0.3, 0.4) is 0 Å². The van der Waals surface area contributed by atoms with Crippen molar-refractivity contribution in [2.45, 2.75) is 17.4 Å². The minimum Gasteiger partial charge on any atom is -0.397 e. The Morgan fingerprint density at radius 3 is 2.76 bits per heavy atom. The van der Waals surface area contributed by atoms with E-state index in [9.17, 15) is 8.42 Å². The maximum Gasteiger partial charge on any atom is 0.175 e. The molecule has 0 saturated carbocycles. The van der Waals surface area contributed by atoms with Crippen molar-refractivity contribution in [1.82, 2.24) is 0 Å². The maximum atomic E-state index is 11.4. The van der Waals surface area contributed by atoms with E-state index in [0.717, 1.165) is 17.9 Å². The number of hydrogen-bond donors (Lipinski definition) is 2. The van der Waals surface area contributed by atoms with Gasteiger partial charge in [0.2, 0.25) is 0 Å². The third-order valence-corrected chi connectivity index (χ3v) is 5.01. The van der Waals surface area contributed by atoms with Gasteiger partial charge in [-0.2, -0.15) is 11.8 Å². The molecule has 6 heteroatoms. The van der Waals surface area contributed by atoms with Gasteiger partial charge in [-0.3, -0.25) is 0 Å². The van der Waals surface area contributed by atoms with E-state index in [-0.39, 0.29) is 4.90 Å². The first-order chi connectivity index (χ1) is 7.97. The number of nitrogens with two attached hydrogens (primary N) is 1. The lowest BCUT2D eigenvalue weighted by molar-refractivity contribution is 0.602. The molecule has 4 nitrogen and oxygen atoms in total. The van der Waals surface area contributed by atoms with E-state index >= 15 is 0 Å². The Morgan fingerprint density at radius 2 is 2.24 bits per heavy atom. The molecule has 1 fully saturated rings. The van der Waals surface area contributed by atoms with E-state index < -0.39 is 9.84 Å². The molecule has 1 atom stereocenters. The van der Waals surface area contributed by atoms with Crippen LogP contribution in [0, 0.1) is 0 Å². The number of benzene rings is 1. The molecule has 1 aromatic carbocycles. The Kier molecular flexibility index (Phi) is 3.53. The highest BCUT2D eigenvalue weighted by atomic mass is 32.2. The first-order valence-corrected chi connectivity index (χ1v) is 8.45. The summed E-state index contributed by atoms with van der Waals surface area (Å²) in [6, 6.07) is 5.29. The van der Waals surface area contributed by atoms with E-state index in [4.69, 9.17) is 5.73 Å². The Bertz CT molecular complexity index is 508. The zero-order valence-corrected chi connectivity index (χ0v) is 11.3. The van der Waals surface area contributed by atoms with Gasteiger partial charge in [-0.05, 0) is 30.4 Å². The van der Waals surface area contributed by atoms with Crippen LogP contribution in [0.4, 0.5) is 11.4 Å². The molecule has 2 rings (SSSR count). The Balaban J connectivity index is 2.19. The topological polar surface area (TPSA) is 72.2 Å². The number of sulfone groups is 1. The quantitative estimate of drug-likeness (QED) is 0.818. The number of anilines is 2. The summed E-state index contributed by atoms with van der Waals surface area (Å²) >= 11 is 1.92. The van der Waals surface area contributed by atoms with Crippen LogP contribution in [-0.2, 0) is 9.84 Å². The zero-order valence-electron chi connectivity index (χ0n) is 9.64. The molecule has 0 amide bonds. The van der Waals surface area contributed by atoms with Crippen LogP contribution in [0.5, 0.6) is 0 Å². The average molecular weight is 272 g/mol. The Morgan fingerprint density at radius 1 is 1.47 bits per heavy atom. The molecule has 17 heavy (non-hydrogen) atoms. The molecule has 1 heterocycles. The van der Waals surface area contributed by atoms with Crippen LogP contribution in [0.25, 0.3) is 0 Å². The first-order valence-electron chi connectivity index (χ1n) is 5.40. The molecule has 0 bridgehead atoms. The lowest BCUT2D eigenvalue weighted by atomic mass is 10.2. The number of hydrogen-bond acceptors (Lipinski definition) is 5. The van der Waals surface area contributed by atoms with E-state index in [1.165, 1.54) is 18.1 Å². The summed E-state index contributed by atoms with van der Waals surface area (Å²) in [6.07, 6.45) is 2.31. The molecule has 0 spiro atoms. The molecular formula is C11H16N2O2S2. The number of nitrogens with one attached hydrogen (secondary N) is 1. The first kappa shape index (κ1) is 12.6. The highest BCUT2D eigenvalue weighted by Gasteiger charge is 2.16. The number of rotatable bonds is 3. The van der Waals surface area contributed by atoms with Gasteiger partial charge in [0.15, 0.2) is 9.84 Å². The van der Waals surface area contributed by atoms with Gasteiger partial charge in [-0.1, -0.05) is 0 Å². The second-order valence-electron chi connectivity index (χ2n) is 4.23. The normalized spacial score (nSPS) is 20.4. The van der Waals surface area contributed by atoms with Crippen LogP contribution >= 0.6 is 11.8 Å². The van der Waals surface area contributed by atoms with Crippen molar-refractivity contribution in [2.24, 2.45) is 0 Å². The van der Waals surface area contributed by atoms with Crippen LogP contribution in [0.1, 0.15) is 6.42 Å². The van der Waals surface area contributed by atoms with Crippen molar-refractivity contribution in [1.29, 1.82) is 0 Å². The van der Waals surface area contributed by atoms with Crippen molar-refractivity contribution in [2.75, 3.05) is 28.8 Å². The minimum atomic E-state index is -3.18. The summed E-state index contributed by atoms with van der Waals surface area (Å²) in [5.41, 5.74) is 7.18. The largest absolute Gasteiger partial charge is 0.397 e. The highest BCUT2D eigenvalue weighted by Crippen LogP contribution is 2.26. The summed E-state index contributed by atoms with van der Waals surface area (Å²) in [7, 11) is -3.18. The lowest BCUT2D eigenvalue weighted by Gasteiger charge is -2.15. The van der Waals surface area contributed by atoms with Crippen LogP contribution < -0.4 is 11.1 Å². The highest BCUT2D eigenvalue weighted by molar-refractivity contribution is 7.99. The van der Waals surface area contributed by atoms with Gasteiger partial charge in [0.05, 0.1) is 16.3 Å². The predicted molar refractivity (Wildman–Crippen MR) is 73.3 cm³/mol. The summed E-state index contributed by atoms with van der Waals surface area (Å²) < 4.78 is 22.7. The summed E-state index contributed by atoms with van der Waals surface area (Å²) in [6.45, 7) is 0. The van der Waals surface area contributed by atoms with Crippen molar-refractivity contribution in [3.8, 4) is 0 Å². The standard InChI is InChI=1S/C11H16N2O2S2/c1-17(14,15)9-2-3-11(10(12)6-9)13-8-4-5-16-7-8/h2-3,6,8,13H,4-5,7,12H2,1H3. The Hall–Kier alpha value is -0.880. The number of nitrogen functional groups attached to an aromatic ring is 1. The molecule has 1 aromatic rings. The molecule has 1 saturated heterocycles. The van der Waals surface area contributed by atoms with Gasteiger partial charge >= 0.3 is 0 Å². The van der Waals surface area contributed by atoms with Crippen molar-refractivity contribution in [3.63, 3.8) is 0 Å². The maximum absolute atomic E-state index is 11.4. The second-order valence-corrected chi connectivity index (χ2v) is 7.39. The third-order valence-electron chi connectivity index (χ3n) is 2.74. The van der Waals surface area contributed by atoms with E-state index in [1.807, 2.05) is 11.8 Å². The van der Waals surface area contributed by atoms with Crippen LogP contribution in [-0.4, -0.2) is 32.2 Å². The fourth-order valence-corrected chi connectivity index (χ4v) is 3.58. The fraction of sp³-hybridized carbons (Fsp3) is 0.455. The summed E-state index contributed by atoms with van der Waals surface area (Å²) in [5.74, 6) is 2.24. The summed E-state index contributed by atoms with van der Waals surface area (Å²) in [4.78, 5) is 0.265. The molecule has 1 aliphatic heterocycles. The Labute approximate surface area is 106 Å². The SMILES string of the molecule is CS(=O)(=O)c1ccc(NC2CCSC2)c(N)c1. The van der Waals surface area contributed by atoms with E-state index in [2.05, 4.69) is 5.32 Å². The molecule has 3 N–H and O–H groups in total. The monoisotopic (exact) mass is 272 g/mol. The molecule has 0 aliphatic carbocycles. The second kappa shape index (κ2) is 4.78. The summed E-state index contributed by atoms with van der Waals surface area (Å²) in [5, 5.41) is 3.35. The van der Waals surface area contributed by atoms with Crippen molar-refractivity contribution >= 4 is 33.0 Å². The van der Waals surface area contributed by atoms with Crippen molar-refractivity contribution in [3.05, 3.63) is 18.2 Å². The van der Waals surface area contributed by atoms with Crippen LogP contribution in [0.15, 0.2) is 23.1 Å². The van der Waals surface area contributed by atoms with Gasteiger partial charge < -0.3 is 11.1 Å². The minimum absolute atomic E-state index is 0.265. The molecule has 0 aromatic heterocycles. The zero-order chi connectivity index (χ0) is 12.5. The smallest absolute Gasteiger partial charge is 0.175 e. The van der Waals surface area contributed by atoms with E-state index in [1.54, 1.807) is 12.1 Å². The fourth-order valence-electron chi connectivity index (χ4n) is 1.77. The molecular weight excluding hydrogens is 256 g/mol. The van der Waals surface area contributed by atoms with Crippen LogP contribution in [0.2, 0.25) is 0 Å². The molecule has 0 radical (unpaired) electrons. The van der Waals surface area contributed by atoms with Crippen molar-refractivity contribution < 1.29 is 8.42 Å². The van der Waals surface area contributed by atoms with Gasteiger partial charge in [0.25, 0.3) is 0 Å². The average Bonchev–Trinajstić information content (AvgIpc) is 2.72. The molecule has 1 aliphatic rings. The predicted octanol–water partition coefficient (Wildman–Crippen LogP) is 1.59. The van der Waals surface area contributed by atoms with E-state index in [0.29, 0.717) is 11.7 Å².